The third-order valence-corrected chi connectivity index (χ3v) is 3.56. The van der Waals surface area contributed by atoms with Crippen LogP contribution in [0.1, 0.15) is 24.0 Å². The van der Waals surface area contributed by atoms with Crippen molar-refractivity contribution in [2.24, 2.45) is 0 Å². The van der Waals surface area contributed by atoms with E-state index < -0.39 is 5.97 Å². The molecule has 0 atom stereocenters. The average Bonchev–Trinajstić information content (AvgIpc) is 2.45. The Morgan fingerprint density at radius 2 is 2.20 bits per heavy atom. The number of rotatable bonds is 4. The number of pyridine rings is 1. The van der Waals surface area contributed by atoms with Crippen molar-refractivity contribution < 1.29 is 14.6 Å². The highest BCUT2D eigenvalue weighted by Gasteiger charge is 2.20. The lowest BCUT2D eigenvalue weighted by atomic mass is 10.1. The highest BCUT2D eigenvalue weighted by molar-refractivity contribution is 5.85. The van der Waals surface area contributed by atoms with Gasteiger partial charge in [-0.05, 0) is 43.0 Å². The lowest BCUT2D eigenvalue weighted by Crippen LogP contribution is -2.37. The van der Waals surface area contributed by atoms with Gasteiger partial charge in [-0.1, -0.05) is 0 Å². The summed E-state index contributed by atoms with van der Waals surface area (Å²) in [5, 5.41) is 8.63. The highest BCUT2D eigenvalue weighted by Crippen LogP contribution is 2.23. The molecule has 1 N–H and O–H groups in total. The summed E-state index contributed by atoms with van der Waals surface area (Å²) in [6.07, 6.45) is 6.41. The van der Waals surface area contributed by atoms with Gasteiger partial charge >= 0.3 is 5.97 Å². The molecule has 1 aliphatic heterocycles. The van der Waals surface area contributed by atoms with Gasteiger partial charge in [-0.3, -0.25) is 0 Å². The molecule has 1 fully saturated rings. The van der Waals surface area contributed by atoms with E-state index >= 15 is 0 Å². The van der Waals surface area contributed by atoms with Gasteiger partial charge in [-0.2, -0.15) is 0 Å². The predicted molar refractivity (Wildman–Crippen MR) is 77.9 cm³/mol. The minimum atomic E-state index is -0.953. The molecular weight excluding hydrogens is 256 g/mol. The second-order valence-corrected chi connectivity index (χ2v) is 5.04. The van der Waals surface area contributed by atoms with E-state index in [1.54, 1.807) is 12.3 Å². The molecule has 1 aromatic heterocycles. The Morgan fingerprint density at radius 3 is 2.80 bits per heavy atom. The zero-order chi connectivity index (χ0) is 14.5. The number of hydrogen-bond acceptors (Lipinski definition) is 4. The van der Waals surface area contributed by atoms with Crippen LogP contribution in [0.25, 0.3) is 6.08 Å². The van der Waals surface area contributed by atoms with Crippen LogP contribution in [-0.2, 0) is 9.53 Å². The van der Waals surface area contributed by atoms with Crippen LogP contribution in [0, 0.1) is 6.92 Å². The molecule has 0 amide bonds. The fourth-order valence-corrected chi connectivity index (χ4v) is 2.46. The molecule has 1 aliphatic rings. The van der Waals surface area contributed by atoms with Crippen molar-refractivity contribution in [2.75, 3.05) is 25.2 Å². The first-order valence-corrected chi connectivity index (χ1v) is 6.76. The number of carboxylic acids is 1. The molecule has 1 saturated heterocycles. The largest absolute Gasteiger partial charge is 0.478 e. The zero-order valence-electron chi connectivity index (χ0n) is 11.9. The van der Waals surface area contributed by atoms with Crippen molar-refractivity contribution in [1.82, 2.24) is 4.98 Å². The smallest absolute Gasteiger partial charge is 0.328 e. The number of hydrogen-bond donors (Lipinski definition) is 1. The van der Waals surface area contributed by atoms with Crippen molar-refractivity contribution >= 4 is 17.9 Å². The Balaban J connectivity index is 2.14. The molecular formula is C15H20N2O3. The summed E-state index contributed by atoms with van der Waals surface area (Å²) in [4.78, 5) is 17.2. The van der Waals surface area contributed by atoms with Crippen LogP contribution < -0.4 is 4.90 Å². The first-order valence-electron chi connectivity index (χ1n) is 6.76. The van der Waals surface area contributed by atoms with Crippen molar-refractivity contribution in [2.45, 2.75) is 25.8 Å². The maximum atomic E-state index is 10.5. The number of nitrogens with zero attached hydrogens (tertiary/aromatic N) is 2. The third kappa shape index (κ3) is 3.57. The molecule has 0 radical (unpaired) electrons. The van der Waals surface area contributed by atoms with Gasteiger partial charge in [0, 0.05) is 38.6 Å². The van der Waals surface area contributed by atoms with Crippen LogP contribution in [0.15, 0.2) is 18.3 Å². The molecule has 0 aliphatic carbocycles. The van der Waals surface area contributed by atoms with E-state index in [0.29, 0.717) is 6.04 Å². The van der Waals surface area contributed by atoms with E-state index in [2.05, 4.69) is 16.9 Å². The molecule has 0 spiro atoms. The predicted octanol–water partition coefficient (Wildman–Crippen LogP) is 2.10. The van der Waals surface area contributed by atoms with Crippen LogP contribution in [0.5, 0.6) is 0 Å². The number of aliphatic carboxylic acids is 1. The van der Waals surface area contributed by atoms with Crippen LogP contribution in [0.3, 0.4) is 0 Å². The number of aryl methyl sites for hydroxylation is 1. The van der Waals surface area contributed by atoms with Gasteiger partial charge in [0.2, 0.25) is 0 Å². The number of carboxylic acid groups (broad SMARTS) is 1. The van der Waals surface area contributed by atoms with E-state index in [9.17, 15) is 4.79 Å². The van der Waals surface area contributed by atoms with Gasteiger partial charge < -0.3 is 14.7 Å². The summed E-state index contributed by atoms with van der Waals surface area (Å²) in [5.74, 6) is -0.00423. The second-order valence-electron chi connectivity index (χ2n) is 5.04. The number of ether oxygens (including phenoxy) is 1. The minimum absolute atomic E-state index is 0.454. The lowest BCUT2D eigenvalue weighted by Gasteiger charge is -2.32. The molecule has 1 aromatic rings. The first kappa shape index (κ1) is 14.5. The summed E-state index contributed by atoms with van der Waals surface area (Å²) in [6.45, 7) is 3.59. The van der Waals surface area contributed by atoms with Gasteiger partial charge in [0.15, 0.2) is 0 Å². The average molecular weight is 276 g/mol. The van der Waals surface area contributed by atoms with Crippen LogP contribution in [-0.4, -0.2) is 42.4 Å². The molecule has 5 heteroatoms. The summed E-state index contributed by atoms with van der Waals surface area (Å²) in [6, 6.07) is 2.41. The minimum Gasteiger partial charge on any atom is -0.478 e. The van der Waals surface area contributed by atoms with E-state index in [1.165, 1.54) is 0 Å². The van der Waals surface area contributed by atoms with E-state index in [-0.39, 0.29) is 0 Å². The van der Waals surface area contributed by atoms with Crippen LogP contribution in [0.2, 0.25) is 0 Å². The second kappa shape index (κ2) is 6.52. The van der Waals surface area contributed by atoms with Gasteiger partial charge in [-0.25, -0.2) is 9.78 Å². The van der Waals surface area contributed by atoms with Gasteiger partial charge in [0.25, 0.3) is 0 Å². The van der Waals surface area contributed by atoms with Crippen molar-refractivity contribution in [1.29, 1.82) is 0 Å². The molecule has 108 valence electrons. The summed E-state index contributed by atoms with van der Waals surface area (Å²) in [5.41, 5.74) is 1.85. The van der Waals surface area contributed by atoms with Crippen LogP contribution in [0.4, 0.5) is 5.82 Å². The van der Waals surface area contributed by atoms with Gasteiger partial charge in [0.05, 0.1) is 0 Å². The molecule has 20 heavy (non-hydrogen) atoms. The summed E-state index contributed by atoms with van der Waals surface area (Å²) in [7, 11) is 2.05. The fourth-order valence-electron chi connectivity index (χ4n) is 2.46. The van der Waals surface area contributed by atoms with E-state index in [1.807, 2.05) is 13.0 Å². The Morgan fingerprint density at radius 1 is 1.50 bits per heavy atom. The molecule has 0 saturated carbocycles. The van der Waals surface area contributed by atoms with Crippen molar-refractivity contribution in [3.63, 3.8) is 0 Å². The Kier molecular flexibility index (Phi) is 4.74. The first-order chi connectivity index (χ1) is 9.58. The molecule has 2 heterocycles. The van der Waals surface area contributed by atoms with Crippen molar-refractivity contribution in [3.8, 4) is 0 Å². The molecule has 0 bridgehead atoms. The maximum Gasteiger partial charge on any atom is 0.328 e. The monoisotopic (exact) mass is 276 g/mol. The number of anilines is 1. The zero-order valence-corrected chi connectivity index (χ0v) is 11.9. The Bertz CT molecular complexity index is 508. The fraction of sp³-hybridized carbons (Fsp3) is 0.467. The summed E-state index contributed by atoms with van der Waals surface area (Å²) >= 11 is 0. The number of carbonyl (C=O) groups is 1. The van der Waals surface area contributed by atoms with E-state index in [0.717, 1.165) is 49.1 Å². The molecule has 0 aromatic carbocycles. The Hall–Kier alpha value is -1.88. The van der Waals surface area contributed by atoms with Crippen molar-refractivity contribution in [3.05, 3.63) is 29.5 Å². The van der Waals surface area contributed by atoms with E-state index in [4.69, 9.17) is 9.84 Å². The van der Waals surface area contributed by atoms with Crippen LogP contribution >= 0.6 is 0 Å². The topological polar surface area (TPSA) is 62.7 Å². The molecule has 5 nitrogen and oxygen atoms in total. The molecule has 0 unspecified atom stereocenters. The highest BCUT2D eigenvalue weighted by atomic mass is 16.5. The quantitative estimate of drug-likeness (QED) is 0.853. The summed E-state index contributed by atoms with van der Waals surface area (Å²) < 4.78 is 5.38. The standard InChI is InChI=1S/C15H20N2O3/c1-11-9-12(3-4-14(18)19)10-16-15(11)17(2)13-5-7-20-8-6-13/h3-4,9-10,13H,5-8H2,1-2H3,(H,18,19)/b4-3+. The third-order valence-electron chi connectivity index (χ3n) is 3.56. The SMILES string of the molecule is Cc1cc(/C=C/C(=O)O)cnc1N(C)C1CCOCC1. The molecule has 2 rings (SSSR count). The van der Waals surface area contributed by atoms with Gasteiger partial charge in [0.1, 0.15) is 5.82 Å². The van der Waals surface area contributed by atoms with Gasteiger partial charge in [-0.15, -0.1) is 0 Å². The number of aromatic nitrogens is 1. The lowest BCUT2D eigenvalue weighted by molar-refractivity contribution is -0.131. The Labute approximate surface area is 118 Å². The normalized spacial score (nSPS) is 16.5. The maximum absolute atomic E-state index is 10.5.